The molecule has 0 radical (unpaired) electrons. The smallest absolute Gasteiger partial charge is 0.316 e. The number of fused-ring (bicyclic) bond motifs is 2. The van der Waals surface area contributed by atoms with Crippen LogP contribution in [-0.4, -0.2) is 58.1 Å². The average Bonchev–Trinajstić information content (AvgIpc) is 2.82. The number of amides is 1. The minimum Gasteiger partial charge on any atom is -0.467 e. The van der Waals surface area contributed by atoms with Crippen LogP contribution in [0.25, 0.3) is 21.9 Å². The van der Waals surface area contributed by atoms with Crippen molar-refractivity contribution in [2.75, 3.05) is 30.4 Å². The van der Waals surface area contributed by atoms with E-state index in [1.54, 1.807) is 24.7 Å². The summed E-state index contributed by atoms with van der Waals surface area (Å²) in [6.45, 7) is 6.05. The highest BCUT2D eigenvalue weighted by Crippen LogP contribution is 2.31. The van der Waals surface area contributed by atoms with Gasteiger partial charge in [-0.3, -0.25) is 14.8 Å². The van der Waals surface area contributed by atoms with Crippen LogP contribution in [0.3, 0.4) is 0 Å². The van der Waals surface area contributed by atoms with Gasteiger partial charge in [0.05, 0.1) is 29.2 Å². The lowest BCUT2D eigenvalue weighted by atomic mass is 10.0. The van der Waals surface area contributed by atoms with Crippen LogP contribution in [0, 0.1) is 0 Å². The fraction of sp³-hybridized carbons (Fsp3) is 0.292. The molecule has 3 heterocycles. The molecule has 0 spiro atoms. The van der Waals surface area contributed by atoms with Gasteiger partial charge in [-0.15, -0.1) is 0 Å². The van der Waals surface area contributed by atoms with Gasteiger partial charge in [-0.2, -0.15) is 4.98 Å². The zero-order valence-electron chi connectivity index (χ0n) is 18.7. The lowest BCUT2D eigenvalue weighted by molar-refractivity contribution is 0.102. The maximum absolute atomic E-state index is 13.3. The second-order valence-corrected chi connectivity index (χ2v) is 8.34. The van der Waals surface area contributed by atoms with Crippen LogP contribution < -0.4 is 20.3 Å². The molecule has 0 aliphatic carbocycles. The number of nitrogens with zero attached hydrogens (tertiary/aromatic N) is 5. The number of hydrogen-bond acceptors (Lipinski definition) is 8. The van der Waals surface area contributed by atoms with Crippen molar-refractivity contribution in [3.63, 3.8) is 0 Å². The summed E-state index contributed by atoms with van der Waals surface area (Å²) >= 11 is 0. The Hall–Kier alpha value is -3.85. The van der Waals surface area contributed by atoms with Crippen LogP contribution in [0.4, 0.5) is 11.4 Å². The van der Waals surface area contributed by atoms with E-state index < -0.39 is 0 Å². The van der Waals surface area contributed by atoms with Crippen molar-refractivity contribution in [2.24, 2.45) is 0 Å². The highest BCUT2D eigenvalue weighted by Gasteiger charge is 2.24. The summed E-state index contributed by atoms with van der Waals surface area (Å²) < 4.78 is 5.25. The number of hydrogen-bond donors (Lipinski definition) is 2. The molecular weight excluding hydrogens is 418 g/mol. The number of piperazine rings is 1. The minimum atomic E-state index is -0.266. The molecular formula is C24H25N7O2. The van der Waals surface area contributed by atoms with Crippen molar-refractivity contribution >= 4 is 39.2 Å². The molecule has 1 saturated heterocycles. The van der Waals surface area contributed by atoms with Gasteiger partial charge in [-0.25, -0.2) is 4.98 Å². The number of nitrogens with one attached hydrogen (secondary N) is 2. The molecule has 1 aliphatic heterocycles. The molecule has 1 fully saturated rings. The van der Waals surface area contributed by atoms with E-state index in [4.69, 9.17) is 4.74 Å². The largest absolute Gasteiger partial charge is 0.467 e. The number of ether oxygens (including phenoxy) is 1. The molecule has 1 amide bonds. The normalized spacial score (nSPS) is 18.5. The molecule has 0 saturated carbocycles. The summed E-state index contributed by atoms with van der Waals surface area (Å²) in [5.41, 5.74) is 4.12. The molecule has 168 valence electrons. The van der Waals surface area contributed by atoms with Gasteiger partial charge in [0.15, 0.2) is 0 Å². The quantitative estimate of drug-likeness (QED) is 0.496. The van der Waals surface area contributed by atoms with E-state index in [9.17, 15) is 4.79 Å². The maximum atomic E-state index is 13.3. The summed E-state index contributed by atoms with van der Waals surface area (Å²) in [6, 6.07) is 10.2. The molecule has 9 nitrogen and oxygen atoms in total. The molecule has 2 N–H and O–H groups in total. The first-order valence-electron chi connectivity index (χ1n) is 10.9. The Morgan fingerprint density at radius 1 is 1.06 bits per heavy atom. The Kier molecular flexibility index (Phi) is 5.47. The summed E-state index contributed by atoms with van der Waals surface area (Å²) in [5, 5.41) is 7.32. The van der Waals surface area contributed by atoms with E-state index in [0.29, 0.717) is 34.4 Å². The molecule has 2 aromatic heterocycles. The Bertz CT molecular complexity index is 1330. The number of benzene rings is 2. The van der Waals surface area contributed by atoms with Crippen LogP contribution in [0.1, 0.15) is 24.2 Å². The average molecular weight is 444 g/mol. The zero-order chi connectivity index (χ0) is 22.9. The van der Waals surface area contributed by atoms with Gasteiger partial charge in [0.2, 0.25) is 0 Å². The van der Waals surface area contributed by atoms with Gasteiger partial charge < -0.3 is 20.3 Å². The van der Waals surface area contributed by atoms with Crippen LogP contribution >= 0.6 is 0 Å². The van der Waals surface area contributed by atoms with E-state index in [-0.39, 0.29) is 11.9 Å². The van der Waals surface area contributed by atoms with Gasteiger partial charge in [-0.05, 0) is 44.2 Å². The molecule has 9 heteroatoms. The zero-order valence-corrected chi connectivity index (χ0v) is 18.7. The second kappa shape index (κ2) is 8.59. The number of rotatable bonds is 4. The number of anilines is 2. The minimum absolute atomic E-state index is 0.219. The Morgan fingerprint density at radius 3 is 2.58 bits per heavy atom. The van der Waals surface area contributed by atoms with E-state index in [1.165, 1.54) is 7.11 Å². The fourth-order valence-corrected chi connectivity index (χ4v) is 4.41. The third kappa shape index (κ3) is 4.14. The molecule has 2 atom stereocenters. The van der Waals surface area contributed by atoms with Crippen LogP contribution in [-0.2, 0) is 0 Å². The molecule has 5 rings (SSSR count). The van der Waals surface area contributed by atoms with Gasteiger partial charge in [0.25, 0.3) is 5.91 Å². The van der Waals surface area contributed by atoms with Gasteiger partial charge >= 0.3 is 6.01 Å². The Balaban J connectivity index is 1.53. The first kappa shape index (κ1) is 21.0. The molecule has 2 aromatic carbocycles. The second-order valence-electron chi connectivity index (χ2n) is 8.34. The number of methoxy groups -OCH3 is 1. The third-order valence-corrected chi connectivity index (χ3v) is 5.76. The van der Waals surface area contributed by atoms with Crippen molar-refractivity contribution in [1.29, 1.82) is 0 Å². The highest BCUT2D eigenvalue weighted by atomic mass is 16.5. The number of carbonyl (C=O) groups excluding carboxylic acids is 1. The van der Waals surface area contributed by atoms with Crippen molar-refractivity contribution < 1.29 is 9.53 Å². The fourth-order valence-electron chi connectivity index (χ4n) is 4.41. The third-order valence-electron chi connectivity index (χ3n) is 5.76. The lowest BCUT2D eigenvalue weighted by Gasteiger charge is -2.38. The lowest BCUT2D eigenvalue weighted by Crippen LogP contribution is -2.54. The summed E-state index contributed by atoms with van der Waals surface area (Å²) in [7, 11) is 1.51. The number of carbonyl (C=O) groups is 1. The summed E-state index contributed by atoms with van der Waals surface area (Å²) in [5.74, 6) is -0.266. The molecule has 33 heavy (non-hydrogen) atoms. The molecule has 4 aromatic rings. The number of aromatic nitrogens is 4. The molecule has 2 unspecified atom stereocenters. The van der Waals surface area contributed by atoms with Crippen molar-refractivity contribution in [1.82, 2.24) is 25.3 Å². The van der Waals surface area contributed by atoms with Gasteiger partial charge in [0, 0.05) is 60.5 Å². The standard InChI is InChI=1S/C24H25N7O2/c1-14-12-31(13-15(2)28-14)21-7-5-17(22-18(21)11-27-24(30-22)33-3)23(32)29-16-4-6-19-20(10-16)26-9-8-25-19/h4-11,14-15,28H,12-13H2,1-3H3,(H,29,32). The van der Waals surface area contributed by atoms with E-state index in [0.717, 1.165) is 29.7 Å². The summed E-state index contributed by atoms with van der Waals surface area (Å²) in [4.78, 5) is 33.0. The van der Waals surface area contributed by atoms with E-state index in [2.05, 4.69) is 49.3 Å². The van der Waals surface area contributed by atoms with Crippen molar-refractivity contribution in [3.05, 3.63) is 54.5 Å². The van der Waals surface area contributed by atoms with Crippen LogP contribution in [0.2, 0.25) is 0 Å². The van der Waals surface area contributed by atoms with Crippen molar-refractivity contribution in [2.45, 2.75) is 25.9 Å². The predicted octanol–water partition coefficient (Wildman–Crippen LogP) is 3.02. The Labute approximate surface area is 191 Å². The van der Waals surface area contributed by atoms with E-state index in [1.807, 2.05) is 24.3 Å². The topological polar surface area (TPSA) is 105 Å². The maximum Gasteiger partial charge on any atom is 0.316 e. The van der Waals surface area contributed by atoms with Gasteiger partial charge in [0.1, 0.15) is 0 Å². The SMILES string of the molecule is COc1ncc2c(N3CC(C)NC(C)C3)ccc(C(=O)Nc3ccc4nccnc4c3)c2n1. The first-order valence-corrected chi connectivity index (χ1v) is 10.9. The summed E-state index contributed by atoms with van der Waals surface area (Å²) in [6.07, 6.45) is 5.00. The van der Waals surface area contributed by atoms with Crippen LogP contribution in [0.15, 0.2) is 48.9 Å². The predicted molar refractivity (Wildman–Crippen MR) is 128 cm³/mol. The molecule has 0 bridgehead atoms. The highest BCUT2D eigenvalue weighted by molar-refractivity contribution is 6.14. The van der Waals surface area contributed by atoms with Gasteiger partial charge in [-0.1, -0.05) is 0 Å². The van der Waals surface area contributed by atoms with Crippen LogP contribution in [0.5, 0.6) is 6.01 Å². The Morgan fingerprint density at radius 2 is 1.82 bits per heavy atom. The molecule has 1 aliphatic rings. The van der Waals surface area contributed by atoms with E-state index >= 15 is 0 Å². The van der Waals surface area contributed by atoms with Crippen molar-refractivity contribution in [3.8, 4) is 6.01 Å². The monoisotopic (exact) mass is 443 g/mol. The first-order chi connectivity index (χ1) is 16.0.